The minimum atomic E-state index is -0.578. The van der Waals surface area contributed by atoms with E-state index in [-0.39, 0.29) is 18.4 Å². The number of nitrogens with zero attached hydrogens (tertiary/aromatic N) is 1. The average molecular weight is 368 g/mol. The minimum absolute atomic E-state index is 0.110. The number of amides is 2. The second kappa shape index (κ2) is 10.4. The molecule has 0 unspecified atom stereocenters. The van der Waals surface area contributed by atoms with Crippen LogP contribution in [0.1, 0.15) is 31.4 Å². The standard InChI is InChI=1S/C22H28N2O3/c1-4-14-23-22(26)18(3)24(15-19-8-6-5-7-9-19)21(25)16-27-20-12-10-17(2)11-13-20/h5-13,18H,4,14-16H2,1-3H3,(H,23,26)/t18-/m1/s1. The van der Waals surface area contributed by atoms with Gasteiger partial charge in [-0.15, -0.1) is 0 Å². The Balaban J connectivity index is 2.08. The van der Waals surface area contributed by atoms with E-state index in [1.807, 2.05) is 68.4 Å². The summed E-state index contributed by atoms with van der Waals surface area (Å²) in [6.45, 7) is 6.58. The molecule has 0 aliphatic heterocycles. The highest BCUT2D eigenvalue weighted by molar-refractivity contribution is 5.87. The summed E-state index contributed by atoms with van der Waals surface area (Å²) in [6, 6.07) is 16.6. The summed E-state index contributed by atoms with van der Waals surface area (Å²) in [5.74, 6) is 0.256. The Morgan fingerprint density at radius 2 is 1.74 bits per heavy atom. The highest BCUT2D eigenvalue weighted by Crippen LogP contribution is 2.13. The van der Waals surface area contributed by atoms with Crippen LogP contribution in [0.5, 0.6) is 5.75 Å². The lowest BCUT2D eigenvalue weighted by atomic mass is 10.1. The summed E-state index contributed by atoms with van der Waals surface area (Å²) in [4.78, 5) is 26.8. The first-order valence-electron chi connectivity index (χ1n) is 9.31. The van der Waals surface area contributed by atoms with Crippen LogP contribution in [-0.4, -0.2) is 35.9 Å². The molecule has 2 aromatic carbocycles. The molecule has 0 aliphatic rings. The SMILES string of the molecule is CCCNC(=O)[C@@H](C)N(Cc1ccccc1)C(=O)COc1ccc(C)cc1. The van der Waals surface area contributed by atoms with Gasteiger partial charge in [0.1, 0.15) is 11.8 Å². The molecule has 0 saturated heterocycles. The molecule has 0 aliphatic carbocycles. The number of hydrogen-bond donors (Lipinski definition) is 1. The van der Waals surface area contributed by atoms with Crippen LogP contribution in [0.3, 0.4) is 0 Å². The van der Waals surface area contributed by atoms with E-state index in [4.69, 9.17) is 4.74 Å². The van der Waals surface area contributed by atoms with E-state index in [0.717, 1.165) is 17.5 Å². The topological polar surface area (TPSA) is 58.6 Å². The fourth-order valence-corrected chi connectivity index (χ4v) is 2.62. The van der Waals surface area contributed by atoms with Crippen LogP contribution in [0.2, 0.25) is 0 Å². The van der Waals surface area contributed by atoms with E-state index < -0.39 is 6.04 Å². The largest absolute Gasteiger partial charge is 0.484 e. The highest BCUT2D eigenvalue weighted by Gasteiger charge is 2.26. The van der Waals surface area contributed by atoms with Gasteiger partial charge in [0, 0.05) is 13.1 Å². The molecule has 0 fully saturated rings. The predicted octanol–water partition coefficient (Wildman–Crippen LogP) is 3.32. The van der Waals surface area contributed by atoms with Crippen LogP contribution < -0.4 is 10.1 Å². The first-order chi connectivity index (χ1) is 13.0. The monoisotopic (exact) mass is 368 g/mol. The molecule has 0 aromatic heterocycles. The van der Waals surface area contributed by atoms with Crippen LogP contribution in [0.4, 0.5) is 0 Å². The lowest BCUT2D eigenvalue weighted by Crippen LogP contribution is -2.49. The summed E-state index contributed by atoms with van der Waals surface area (Å²) < 4.78 is 5.63. The van der Waals surface area contributed by atoms with Gasteiger partial charge in [-0.05, 0) is 38.0 Å². The molecule has 27 heavy (non-hydrogen) atoms. The quantitative estimate of drug-likeness (QED) is 0.739. The number of rotatable bonds is 9. The fourth-order valence-electron chi connectivity index (χ4n) is 2.62. The van der Waals surface area contributed by atoms with Crippen LogP contribution in [0.15, 0.2) is 54.6 Å². The average Bonchev–Trinajstić information content (AvgIpc) is 2.69. The minimum Gasteiger partial charge on any atom is -0.484 e. The number of hydrogen-bond acceptors (Lipinski definition) is 3. The van der Waals surface area contributed by atoms with E-state index >= 15 is 0 Å². The van der Waals surface area contributed by atoms with Crippen molar-refractivity contribution in [1.82, 2.24) is 10.2 Å². The molecule has 5 heteroatoms. The van der Waals surface area contributed by atoms with Crippen molar-refractivity contribution >= 4 is 11.8 Å². The van der Waals surface area contributed by atoms with Crippen LogP contribution in [0.25, 0.3) is 0 Å². The molecular formula is C22H28N2O3. The van der Waals surface area contributed by atoms with E-state index in [9.17, 15) is 9.59 Å². The molecule has 0 spiro atoms. The van der Waals surface area contributed by atoms with Gasteiger partial charge in [-0.1, -0.05) is 55.0 Å². The number of benzene rings is 2. The molecule has 0 saturated carbocycles. The molecule has 1 atom stereocenters. The van der Waals surface area contributed by atoms with Gasteiger partial charge in [-0.25, -0.2) is 0 Å². The molecule has 2 amide bonds. The Kier molecular flexibility index (Phi) is 7.86. The number of carbonyl (C=O) groups excluding carboxylic acids is 2. The second-order valence-corrected chi connectivity index (χ2v) is 6.58. The maximum absolute atomic E-state index is 12.8. The van der Waals surface area contributed by atoms with Crippen LogP contribution in [-0.2, 0) is 16.1 Å². The number of carbonyl (C=O) groups is 2. The van der Waals surface area contributed by atoms with Crippen LogP contribution in [0, 0.1) is 6.92 Å². The Bertz CT molecular complexity index is 729. The predicted molar refractivity (Wildman–Crippen MR) is 106 cm³/mol. The van der Waals surface area contributed by atoms with E-state index in [0.29, 0.717) is 18.8 Å². The Morgan fingerprint density at radius 1 is 1.07 bits per heavy atom. The Labute approximate surface area is 161 Å². The van der Waals surface area contributed by atoms with Gasteiger partial charge in [0.15, 0.2) is 6.61 Å². The maximum Gasteiger partial charge on any atom is 0.261 e. The molecule has 0 radical (unpaired) electrons. The maximum atomic E-state index is 12.8. The first-order valence-corrected chi connectivity index (χ1v) is 9.31. The number of nitrogens with one attached hydrogen (secondary N) is 1. The van der Waals surface area contributed by atoms with E-state index in [1.165, 1.54) is 0 Å². The first kappa shape index (κ1) is 20.5. The van der Waals surface area contributed by atoms with Crippen molar-refractivity contribution in [1.29, 1.82) is 0 Å². The van der Waals surface area contributed by atoms with Gasteiger partial charge in [0.05, 0.1) is 0 Å². The van der Waals surface area contributed by atoms with Gasteiger partial charge in [0.2, 0.25) is 5.91 Å². The van der Waals surface area contributed by atoms with Gasteiger partial charge in [-0.3, -0.25) is 9.59 Å². The fraction of sp³-hybridized carbons (Fsp3) is 0.364. The third-order valence-corrected chi connectivity index (χ3v) is 4.30. The summed E-state index contributed by atoms with van der Waals surface area (Å²) in [7, 11) is 0. The Hall–Kier alpha value is -2.82. The van der Waals surface area contributed by atoms with Gasteiger partial charge >= 0.3 is 0 Å². The number of aryl methyl sites for hydroxylation is 1. The summed E-state index contributed by atoms with van der Waals surface area (Å²) >= 11 is 0. The van der Waals surface area contributed by atoms with E-state index in [1.54, 1.807) is 11.8 Å². The van der Waals surface area contributed by atoms with Crippen molar-refractivity contribution in [3.63, 3.8) is 0 Å². The van der Waals surface area contributed by atoms with Crippen molar-refractivity contribution < 1.29 is 14.3 Å². The van der Waals surface area contributed by atoms with Gasteiger partial charge in [0.25, 0.3) is 5.91 Å². The zero-order chi connectivity index (χ0) is 19.6. The normalized spacial score (nSPS) is 11.5. The van der Waals surface area contributed by atoms with Crippen molar-refractivity contribution in [2.45, 2.75) is 39.8 Å². The third-order valence-electron chi connectivity index (χ3n) is 4.30. The second-order valence-electron chi connectivity index (χ2n) is 6.58. The van der Waals surface area contributed by atoms with Crippen molar-refractivity contribution in [3.05, 3.63) is 65.7 Å². The lowest BCUT2D eigenvalue weighted by molar-refractivity contribution is -0.142. The molecule has 5 nitrogen and oxygen atoms in total. The van der Waals surface area contributed by atoms with Crippen molar-refractivity contribution in [2.24, 2.45) is 0 Å². The zero-order valence-electron chi connectivity index (χ0n) is 16.3. The summed E-state index contributed by atoms with van der Waals surface area (Å²) in [5, 5.41) is 2.86. The molecule has 2 rings (SSSR count). The Morgan fingerprint density at radius 3 is 2.37 bits per heavy atom. The highest BCUT2D eigenvalue weighted by atomic mass is 16.5. The zero-order valence-corrected chi connectivity index (χ0v) is 16.3. The smallest absolute Gasteiger partial charge is 0.261 e. The van der Waals surface area contributed by atoms with Crippen LogP contribution >= 0.6 is 0 Å². The molecule has 1 N–H and O–H groups in total. The molecule has 0 bridgehead atoms. The number of ether oxygens (including phenoxy) is 1. The summed E-state index contributed by atoms with van der Waals surface area (Å²) in [5.41, 5.74) is 2.09. The van der Waals surface area contributed by atoms with Crippen molar-refractivity contribution in [2.75, 3.05) is 13.2 Å². The molecule has 144 valence electrons. The van der Waals surface area contributed by atoms with E-state index in [2.05, 4.69) is 5.32 Å². The van der Waals surface area contributed by atoms with Crippen molar-refractivity contribution in [3.8, 4) is 5.75 Å². The van der Waals surface area contributed by atoms with Gasteiger partial charge in [-0.2, -0.15) is 0 Å². The summed E-state index contributed by atoms with van der Waals surface area (Å²) in [6.07, 6.45) is 0.849. The molecular weight excluding hydrogens is 340 g/mol. The lowest BCUT2D eigenvalue weighted by Gasteiger charge is -2.28. The molecule has 2 aromatic rings. The third kappa shape index (κ3) is 6.44. The van der Waals surface area contributed by atoms with Gasteiger partial charge < -0.3 is 15.0 Å². The molecule has 0 heterocycles.